The van der Waals surface area contributed by atoms with Gasteiger partial charge >= 0.3 is 12.2 Å². The molecule has 0 radical (unpaired) electrons. The molecule has 31 heavy (non-hydrogen) atoms. The number of alkyl halides is 3. The van der Waals surface area contributed by atoms with Gasteiger partial charge in [0, 0.05) is 12.2 Å². The SMILES string of the molecule is CCOc1ccc(N2C(=O)N(Cc3cccc(C(F)(F)F)c3)[C@@H]3CS(=O)(=O)C[C@@H]32)cc1. The minimum Gasteiger partial charge on any atom is -0.494 e. The van der Waals surface area contributed by atoms with Crippen LogP contribution in [0.2, 0.25) is 0 Å². The van der Waals surface area contributed by atoms with E-state index in [4.69, 9.17) is 4.74 Å². The molecule has 2 atom stereocenters. The fraction of sp³-hybridized carbons (Fsp3) is 0.381. The first-order valence-corrected chi connectivity index (χ1v) is 11.6. The van der Waals surface area contributed by atoms with Gasteiger partial charge in [-0.25, -0.2) is 13.2 Å². The monoisotopic (exact) mass is 454 g/mol. The minimum atomic E-state index is -4.50. The van der Waals surface area contributed by atoms with Gasteiger partial charge in [0.2, 0.25) is 0 Å². The summed E-state index contributed by atoms with van der Waals surface area (Å²) in [6, 6.07) is 9.84. The summed E-state index contributed by atoms with van der Waals surface area (Å²) in [7, 11) is -3.38. The number of carbonyl (C=O) groups excluding carboxylic acids is 1. The molecular weight excluding hydrogens is 433 g/mol. The number of anilines is 1. The van der Waals surface area contributed by atoms with Gasteiger partial charge in [0.15, 0.2) is 9.84 Å². The zero-order valence-electron chi connectivity index (χ0n) is 16.7. The highest BCUT2D eigenvalue weighted by Gasteiger charge is 2.53. The molecule has 0 saturated carbocycles. The molecule has 0 bridgehead atoms. The Hall–Kier alpha value is -2.75. The first kappa shape index (κ1) is 21.5. The Bertz CT molecular complexity index is 1090. The summed E-state index contributed by atoms with van der Waals surface area (Å²) in [5.41, 5.74) is 0.00229. The molecule has 2 aliphatic heterocycles. The van der Waals surface area contributed by atoms with Gasteiger partial charge in [-0.2, -0.15) is 13.2 Å². The summed E-state index contributed by atoms with van der Waals surface area (Å²) in [6.07, 6.45) is -4.50. The molecule has 4 rings (SSSR count). The van der Waals surface area contributed by atoms with Gasteiger partial charge in [-0.3, -0.25) is 4.90 Å². The molecule has 0 aromatic heterocycles. The van der Waals surface area contributed by atoms with Crippen LogP contribution in [-0.4, -0.2) is 49.5 Å². The Morgan fingerprint density at radius 2 is 1.74 bits per heavy atom. The van der Waals surface area contributed by atoms with Crippen LogP contribution in [0.4, 0.5) is 23.7 Å². The summed E-state index contributed by atoms with van der Waals surface area (Å²) < 4.78 is 69.2. The maximum Gasteiger partial charge on any atom is 0.416 e. The van der Waals surface area contributed by atoms with E-state index in [2.05, 4.69) is 0 Å². The number of ether oxygens (including phenoxy) is 1. The van der Waals surface area contributed by atoms with Crippen LogP contribution < -0.4 is 9.64 Å². The average molecular weight is 454 g/mol. The smallest absolute Gasteiger partial charge is 0.416 e. The minimum absolute atomic E-state index is 0.104. The fourth-order valence-corrected chi connectivity index (χ4v) is 6.13. The van der Waals surface area contributed by atoms with Gasteiger partial charge in [0.25, 0.3) is 0 Å². The number of amides is 2. The third kappa shape index (κ3) is 4.21. The van der Waals surface area contributed by atoms with Crippen molar-refractivity contribution in [2.45, 2.75) is 31.7 Å². The Labute approximate surface area is 178 Å². The average Bonchev–Trinajstić information content (AvgIpc) is 3.13. The van der Waals surface area contributed by atoms with Crippen LogP contribution in [0.1, 0.15) is 18.1 Å². The van der Waals surface area contributed by atoms with Gasteiger partial charge in [0.05, 0.1) is 35.8 Å². The van der Waals surface area contributed by atoms with Crippen molar-refractivity contribution in [2.24, 2.45) is 0 Å². The summed E-state index contributed by atoms with van der Waals surface area (Å²) in [5, 5.41) is 0. The third-order valence-corrected chi connectivity index (χ3v) is 7.21. The first-order valence-electron chi connectivity index (χ1n) is 9.78. The normalized spacial score (nSPS) is 22.6. The van der Waals surface area contributed by atoms with Crippen LogP contribution >= 0.6 is 0 Å². The molecular formula is C21H21F3N2O4S. The van der Waals surface area contributed by atoms with Crippen molar-refractivity contribution in [3.8, 4) is 5.75 Å². The fourth-order valence-electron chi connectivity index (χ4n) is 4.18. The van der Waals surface area contributed by atoms with Gasteiger partial charge in [-0.05, 0) is 48.9 Å². The second kappa shape index (κ2) is 7.74. The lowest BCUT2D eigenvalue weighted by atomic mass is 10.1. The first-order chi connectivity index (χ1) is 14.6. The lowest BCUT2D eigenvalue weighted by Crippen LogP contribution is -2.37. The van der Waals surface area contributed by atoms with Crippen molar-refractivity contribution in [1.82, 2.24) is 4.90 Å². The van der Waals surface area contributed by atoms with Gasteiger partial charge in [0.1, 0.15) is 5.75 Å². The van der Waals surface area contributed by atoms with Crippen LogP contribution in [0.25, 0.3) is 0 Å². The predicted octanol–water partition coefficient (Wildman–Crippen LogP) is 3.71. The molecule has 2 aliphatic rings. The van der Waals surface area contributed by atoms with E-state index in [1.165, 1.54) is 21.9 Å². The molecule has 10 heteroatoms. The number of fused-ring (bicyclic) bond motifs is 1. The quantitative estimate of drug-likeness (QED) is 0.646. The molecule has 6 nitrogen and oxygen atoms in total. The molecule has 2 amide bonds. The third-order valence-electron chi connectivity index (χ3n) is 5.51. The second-order valence-electron chi connectivity index (χ2n) is 7.62. The summed E-state index contributed by atoms with van der Waals surface area (Å²) >= 11 is 0. The number of sulfone groups is 1. The largest absolute Gasteiger partial charge is 0.494 e. The van der Waals surface area contributed by atoms with Gasteiger partial charge in [-0.1, -0.05) is 12.1 Å². The number of carbonyl (C=O) groups is 1. The Kier molecular flexibility index (Phi) is 5.36. The highest BCUT2D eigenvalue weighted by Crippen LogP contribution is 2.37. The van der Waals surface area contributed by atoms with E-state index < -0.39 is 39.7 Å². The van der Waals surface area contributed by atoms with E-state index in [0.29, 0.717) is 23.6 Å². The van der Waals surface area contributed by atoms with Crippen LogP contribution in [0.15, 0.2) is 48.5 Å². The Morgan fingerprint density at radius 1 is 1.06 bits per heavy atom. The maximum atomic E-state index is 13.2. The van der Waals surface area contributed by atoms with Gasteiger partial charge in [-0.15, -0.1) is 0 Å². The van der Waals surface area contributed by atoms with Crippen LogP contribution in [0.3, 0.4) is 0 Å². The van der Waals surface area contributed by atoms with Crippen molar-refractivity contribution in [3.05, 3.63) is 59.7 Å². The van der Waals surface area contributed by atoms with E-state index in [-0.39, 0.29) is 18.1 Å². The number of halogens is 3. The van der Waals surface area contributed by atoms with Crippen molar-refractivity contribution in [3.63, 3.8) is 0 Å². The zero-order valence-corrected chi connectivity index (χ0v) is 17.5. The summed E-state index contributed by atoms with van der Waals surface area (Å²) in [4.78, 5) is 16.0. The van der Waals surface area contributed by atoms with Crippen LogP contribution in [-0.2, 0) is 22.6 Å². The lowest BCUT2D eigenvalue weighted by Gasteiger charge is -2.23. The van der Waals surface area contributed by atoms with Gasteiger partial charge < -0.3 is 9.64 Å². The molecule has 0 N–H and O–H groups in total. The molecule has 2 aromatic carbocycles. The maximum absolute atomic E-state index is 13.2. The number of urea groups is 1. The van der Waals surface area contributed by atoms with E-state index in [9.17, 15) is 26.4 Å². The Balaban J connectivity index is 1.65. The summed E-state index contributed by atoms with van der Waals surface area (Å²) in [6.45, 7) is 2.22. The molecule has 0 unspecified atom stereocenters. The topological polar surface area (TPSA) is 66.9 Å². The van der Waals surface area contributed by atoms with Crippen molar-refractivity contribution >= 4 is 21.6 Å². The number of hydrogen-bond acceptors (Lipinski definition) is 4. The number of hydrogen-bond donors (Lipinski definition) is 0. The number of nitrogens with zero attached hydrogens (tertiary/aromatic N) is 2. The molecule has 2 heterocycles. The number of rotatable bonds is 5. The lowest BCUT2D eigenvalue weighted by molar-refractivity contribution is -0.137. The highest BCUT2D eigenvalue weighted by molar-refractivity contribution is 7.91. The van der Waals surface area contributed by atoms with Crippen LogP contribution in [0.5, 0.6) is 5.75 Å². The van der Waals surface area contributed by atoms with Crippen molar-refractivity contribution < 1.29 is 31.1 Å². The molecule has 0 aliphatic carbocycles. The van der Waals surface area contributed by atoms with Crippen LogP contribution in [0, 0.1) is 0 Å². The van der Waals surface area contributed by atoms with E-state index in [1.807, 2.05) is 6.92 Å². The van der Waals surface area contributed by atoms with E-state index in [0.717, 1.165) is 12.1 Å². The molecule has 2 aromatic rings. The Morgan fingerprint density at radius 3 is 2.39 bits per heavy atom. The standard InChI is InChI=1S/C21H21F3N2O4S/c1-2-30-17-8-6-16(7-9-17)26-19-13-31(28,29)12-18(19)25(20(26)27)11-14-4-3-5-15(10-14)21(22,23)24/h3-10,18-19H,2,11-13H2,1H3/t18-,19+/m1/s1. The predicted molar refractivity (Wildman–Crippen MR) is 109 cm³/mol. The molecule has 2 saturated heterocycles. The molecule has 2 fully saturated rings. The molecule has 0 spiro atoms. The van der Waals surface area contributed by atoms with Crippen molar-refractivity contribution in [1.29, 1.82) is 0 Å². The highest BCUT2D eigenvalue weighted by atomic mass is 32.2. The van der Waals surface area contributed by atoms with E-state index in [1.54, 1.807) is 24.3 Å². The zero-order chi connectivity index (χ0) is 22.4. The summed E-state index contributed by atoms with van der Waals surface area (Å²) in [5.74, 6) is 0.223. The number of benzene rings is 2. The van der Waals surface area contributed by atoms with Crippen molar-refractivity contribution in [2.75, 3.05) is 23.0 Å². The van der Waals surface area contributed by atoms with E-state index >= 15 is 0 Å². The molecule has 166 valence electrons. The second-order valence-corrected chi connectivity index (χ2v) is 9.77.